The van der Waals surface area contributed by atoms with E-state index in [4.69, 9.17) is 5.11 Å². The zero-order chi connectivity index (χ0) is 14.8. The summed E-state index contributed by atoms with van der Waals surface area (Å²) in [6.45, 7) is 7.24. The highest BCUT2D eigenvalue weighted by molar-refractivity contribution is 5.75. The summed E-state index contributed by atoms with van der Waals surface area (Å²) in [5, 5.41) is 12.6. The van der Waals surface area contributed by atoms with Crippen molar-refractivity contribution in [2.24, 2.45) is 5.41 Å². The standard InChI is InChI=1S/C17H25NO2/c1-12(16(19)20)14-6-4-13(5-7-14)11-18-15-8-9-17(2,3)10-15/h4-7,12,15,18H,8-11H2,1-3H3,(H,19,20). The first-order valence-electron chi connectivity index (χ1n) is 7.42. The molecule has 1 aromatic rings. The largest absolute Gasteiger partial charge is 0.481 e. The van der Waals surface area contributed by atoms with Gasteiger partial charge >= 0.3 is 5.97 Å². The lowest BCUT2D eigenvalue weighted by molar-refractivity contribution is -0.138. The van der Waals surface area contributed by atoms with Crippen molar-refractivity contribution in [3.8, 4) is 0 Å². The Labute approximate surface area is 121 Å². The Hall–Kier alpha value is -1.35. The van der Waals surface area contributed by atoms with Gasteiger partial charge in [-0.05, 0) is 42.7 Å². The van der Waals surface area contributed by atoms with Gasteiger partial charge in [-0.3, -0.25) is 4.79 Å². The maximum Gasteiger partial charge on any atom is 0.310 e. The smallest absolute Gasteiger partial charge is 0.310 e. The summed E-state index contributed by atoms with van der Waals surface area (Å²) in [6, 6.07) is 8.52. The first kappa shape index (κ1) is 15.0. The number of carboxylic acid groups (broad SMARTS) is 1. The molecule has 0 saturated heterocycles. The maximum atomic E-state index is 10.9. The summed E-state index contributed by atoms with van der Waals surface area (Å²) in [7, 11) is 0. The van der Waals surface area contributed by atoms with Gasteiger partial charge in [-0.2, -0.15) is 0 Å². The van der Waals surface area contributed by atoms with E-state index in [1.54, 1.807) is 6.92 Å². The number of hydrogen-bond donors (Lipinski definition) is 2. The van der Waals surface area contributed by atoms with E-state index in [1.807, 2.05) is 24.3 Å². The molecule has 20 heavy (non-hydrogen) atoms. The highest BCUT2D eigenvalue weighted by atomic mass is 16.4. The van der Waals surface area contributed by atoms with Crippen LogP contribution in [0.3, 0.4) is 0 Å². The molecule has 110 valence electrons. The summed E-state index contributed by atoms with van der Waals surface area (Å²) in [5.41, 5.74) is 2.55. The van der Waals surface area contributed by atoms with Crippen molar-refractivity contribution in [3.05, 3.63) is 35.4 Å². The lowest BCUT2D eigenvalue weighted by Crippen LogP contribution is -2.26. The van der Waals surface area contributed by atoms with Crippen LogP contribution in [0.15, 0.2) is 24.3 Å². The van der Waals surface area contributed by atoms with Gasteiger partial charge in [0.1, 0.15) is 0 Å². The normalized spacial score (nSPS) is 22.6. The predicted molar refractivity (Wildman–Crippen MR) is 80.8 cm³/mol. The SMILES string of the molecule is CC(C(=O)O)c1ccc(CNC2CCC(C)(C)C2)cc1. The second kappa shape index (κ2) is 5.96. The van der Waals surface area contributed by atoms with Gasteiger partial charge in [-0.25, -0.2) is 0 Å². The molecule has 0 spiro atoms. The van der Waals surface area contributed by atoms with Crippen molar-refractivity contribution in [1.29, 1.82) is 0 Å². The van der Waals surface area contributed by atoms with Crippen molar-refractivity contribution in [2.45, 2.75) is 58.5 Å². The molecule has 0 amide bonds. The molecule has 0 radical (unpaired) electrons. The van der Waals surface area contributed by atoms with Crippen LogP contribution in [0.4, 0.5) is 0 Å². The third-order valence-corrected chi connectivity index (χ3v) is 4.41. The first-order valence-corrected chi connectivity index (χ1v) is 7.42. The fraction of sp³-hybridized carbons (Fsp3) is 0.588. The number of aliphatic carboxylic acids is 1. The van der Waals surface area contributed by atoms with Gasteiger partial charge in [0.15, 0.2) is 0 Å². The quantitative estimate of drug-likeness (QED) is 0.864. The molecule has 0 bridgehead atoms. The number of rotatable bonds is 5. The summed E-state index contributed by atoms with van der Waals surface area (Å²) < 4.78 is 0. The number of carboxylic acids is 1. The Balaban J connectivity index is 1.87. The minimum atomic E-state index is -0.774. The lowest BCUT2D eigenvalue weighted by Gasteiger charge is -2.18. The number of carbonyl (C=O) groups is 1. The van der Waals surface area contributed by atoms with Gasteiger partial charge < -0.3 is 10.4 Å². The van der Waals surface area contributed by atoms with Crippen LogP contribution in [-0.4, -0.2) is 17.1 Å². The molecule has 2 rings (SSSR count). The second-order valence-corrected chi connectivity index (χ2v) is 6.79. The number of nitrogens with one attached hydrogen (secondary N) is 1. The van der Waals surface area contributed by atoms with Crippen LogP contribution in [0.2, 0.25) is 0 Å². The van der Waals surface area contributed by atoms with Crippen LogP contribution >= 0.6 is 0 Å². The van der Waals surface area contributed by atoms with Gasteiger partial charge in [-0.1, -0.05) is 38.1 Å². The zero-order valence-electron chi connectivity index (χ0n) is 12.6. The van der Waals surface area contributed by atoms with E-state index in [9.17, 15) is 4.79 Å². The molecule has 1 saturated carbocycles. The molecular formula is C17H25NO2. The fourth-order valence-corrected chi connectivity index (χ4v) is 2.94. The van der Waals surface area contributed by atoms with Crippen LogP contribution in [0.25, 0.3) is 0 Å². The van der Waals surface area contributed by atoms with Crippen LogP contribution in [0.1, 0.15) is 57.1 Å². The van der Waals surface area contributed by atoms with Crippen LogP contribution in [0.5, 0.6) is 0 Å². The Morgan fingerprint density at radius 2 is 2.05 bits per heavy atom. The molecule has 1 aliphatic rings. The summed E-state index contributed by atoms with van der Waals surface area (Å²) in [6.07, 6.45) is 3.78. The maximum absolute atomic E-state index is 10.9. The van der Waals surface area contributed by atoms with Crippen LogP contribution < -0.4 is 5.32 Å². The number of benzene rings is 1. The van der Waals surface area contributed by atoms with E-state index in [1.165, 1.54) is 24.8 Å². The van der Waals surface area contributed by atoms with Crippen molar-refractivity contribution in [1.82, 2.24) is 5.32 Å². The molecule has 3 heteroatoms. The first-order chi connectivity index (χ1) is 9.37. The molecule has 0 aliphatic heterocycles. The minimum Gasteiger partial charge on any atom is -0.481 e. The molecule has 3 nitrogen and oxygen atoms in total. The van der Waals surface area contributed by atoms with E-state index < -0.39 is 11.9 Å². The molecule has 0 heterocycles. The van der Waals surface area contributed by atoms with Crippen molar-refractivity contribution in [2.75, 3.05) is 0 Å². The van der Waals surface area contributed by atoms with E-state index in [2.05, 4.69) is 19.2 Å². The number of hydrogen-bond acceptors (Lipinski definition) is 2. The summed E-state index contributed by atoms with van der Waals surface area (Å²) in [4.78, 5) is 10.9. The zero-order valence-corrected chi connectivity index (χ0v) is 12.6. The Morgan fingerprint density at radius 3 is 2.55 bits per heavy atom. The third-order valence-electron chi connectivity index (χ3n) is 4.41. The van der Waals surface area contributed by atoms with E-state index >= 15 is 0 Å². The van der Waals surface area contributed by atoms with E-state index in [-0.39, 0.29) is 0 Å². The fourth-order valence-electron chi connectivity index (χ4n) is 2.94. The summed E-state index contributed by atoms with van der Waals surface area (Å²) in [5.74, 6) is -1.21. The second-order valence-electron chi connectivity index (χ2n) is 6.79. The predicted octanol–water partition coefficient (Wildman–Crippen LogP) is 3.54. The average molecular weight is 275 g/mol. The van der Waals surface area contributed by atoms with Crippen molar-refractivity contribution >= 4 is 5.97 Å². The molecule has 1 fully saturated rings. The molecule has 2 N–H and O–H groups in total. The van der Waals surface area contributed by atoms with Crippen LogP contribution in [0, 0.1) is 5.41 Å². The van der Waals surface area contributed by atoms with Gasteiger partial charge in [0.25, 0.3) is 0 Å². The van der Waals surface area contributed by atoms with E-state index in [0.717, 1.165) is 12.1 Å². The summed E-state index contributed by atoms with van der Waals surface area (Å²) >= 11 is 0. The van der Waals surface area contributed by atoms with Gasteiger partial charge in [0.05, 0.1) is 5.92 Å². The highest BCUT2D eigenvalue weighted by Crippen LogP contribution is 2.36. The van der Waals surface area contributed by atoms with Crippen molar-refractivity contribution < 1.29 is 9.90 Å². The Morgan fingerprint density at radius 1 is 1.40 bits per heavy atom. The highest BCUT2D eigenvalue weighted by Gasteiger charge is 2.30. The average Bonchev–Trinajstić information content (AvgIpc) is 2.75. The Bertz CT molecular complexity index is 464. The van der Waals surface area contributed by atoms with Crippen molar-refractivity contribution in [3.63, 3.8) is 0 Å². The molecule has 1 aromatic carbocycles. The topological polar surface area (TPSA) is 49.3 Å². The molecule has 2 unspecified atom stereocenters. The minimum absolute atomic E-state index is 0.437. The Kier molecular flexibility index (Phi) is 4.48. The lowest BCUT2D eigenvalue weighted by atomic mass is 9.92. The van der Waals surface area contributed by atoms with Gasteiger partial charge in [0, 0.05) is 12.6 Å². The molecule has 0 aromatic heterocycles. The third kappa shape index (κ3) is 3.83. The van der Waals surface area contributed by atoms with Gasteiger partial charge in [-0.15, -0.1) is 0 Å². The van der Waals surface area contributed by atoms with E-state index in [0.29, 0.717) is 11.5 Å². The monoisotopic (exact) mass is 275 g/mol. The van der Waals surface area contributed by atoms with Crippen LogP contribution in [-0.2, 0) is 11.3 Å². The molecular weight excluding hydrogens is 250 g/mol. The molecule has 1 aliphatic carbocycles. The molecule has 2 atom stereocenters. The van der Waals surface area contributed by atoms with Gasteiger partial charge in [0.2, 0.25) is 0 Å².